The van der Waals surface area contributed by atoms with Gasteiger partial charge in [0.25, 0.3) is 0 Å². The zero-order valence-electron chi connectivity index (χ0n) is 13.8. The number of hydrogen-bond acceptors (Lipinski definition) is 4. The van der Waals surface area contributed by atoms with E-state index in [-0.39, 0.29) is 11.7 Å². The van der Waals surface area contributed by atoms with Crippen molar-refractivity contribution in [3.05, 3.63) is 35.8 Å². The van der Waals surface area contributed by atoms with E-state index in [1.807, 2.05) is 17.9 Å². The highest BCUT2D eigenvalue weighted by Crippen LogP contribution is 2.33. The molecule has 2 atom stereocenters. The SMILES string of the molecule is COCc1cc(N2CC(C)CC(C(=O)O)C2)c2cc(F)ccc2n1. The van der Waals surface area contributed by atoms with Crippen molar-refractivity contribution in [3.63, 3.8) is 0 Å². The van der Waals surface area contributed by atoms with Crippen LogP contribution in [0.25, 0.3) is 10.9 Å². The normalized spacial score (nSPS) is 21.2. The zero-order chi connectivity index (χ0) is 17.3. The lowest BCUT2D eigenvalue weighted by Gasteiger charge is -2.37. The van der Waals surface area contributed by atoms with Crippen LogP contribution in [0.15, 0.2) is 24.3 Å². The summed E-state index contributed by atoms with van der Waals surface area (Å²) in [5.74, 6) is -1.28. The predicted molar refractivity (Wildman–Crippen MR) is 89.5 cm³/mol. The monoisotopic (exact) mass is 332 g/mol. The van der Waals surface area contributed by atoms with Crippen molar-refractivity contribution in [2.24, 2.45) is 11.8 Å². The number of aliphatic carboxylic acids is 1. The maximum atomic E-state index is 13.7. The molecule has 0 amide bonds. The minimum absolute atomic E-state index is 0.252. The van der Waals surface area contributed by atoms with Gasteiger partial charge in [0.2, 0.25) is 0 Å². The predicted octanol–water partition coefficient (Wildman–Crippen LogP) is 3.07. The third-order valence-electron chi connectivity index (χ3n) is 4.44. The molecule has 0 aliphatic carbocycles. The fourth-order valence-corrected chi connectivity index (χ4v) is 3.44. The average molecular weight is 332 g/mol. The Morgan fingerprint density at radius 3 is 2.92 bits per heavy atom. The molecule has 1 saturated heterocycles. The molecule has 3 rings (SSSR count). The van der Waals surface area contributed by atoms with Crippen LogP contribution in [0.4, 0.5) is 10.1 Å². The maximum absolute atomic E-state index is 13.7. The van der Waals surface area contributed by atoms with Crippen LogP contribution in [0, 0.1) is 17.7 Å². The quantitative estimate of drug-likeness (QED) is 0.932. The van der Waals surface area contributed by atoms with E-state index in [4.69, 9.17) is 4.74 Å². The number of ether oxygens (including phenoxy) is 1. The molecule has 24 heavy (non-hydrogen) atoms. The molecule has 1 aromatic carbocycles. The Hall–Kier alpha value is -2.21. The fourth-order valence-electron chi connectivity index (χ4n) is 3.44. The van der Waals surface area contributed by atoms with Gasteiger partial charge in [0.15, 0.2) is 0 Å². The summed E-state index contributed by atoms with van der Waals surface area (Å²) < 4.78 is 18.9. The number of aromatic nitrogens is 1. The van der Waals surface area contributed by atoms with E-state index in [2.05, 4.69) is 4.98 Å². The molecule has 2 aromatic rings. The topological polar surface area (TPSA) is 62.7 Å². The van der Waals surface area contributed by atoms with Crippen molar-refractivity contribution in [1.29, 1.82) is 0 Å². The number of pyridine rings is 1. The maximum Gasteiger partial charge on any atom is 0.308 e. The van der Waals surface area contributed by atoms with Gasteiger partial charge < -0.3 is 14.7 Å². The smallest absolute Gasteiger partial charge is 0.308 e. The van der Waals surface area contributed by atoms with Gasteiger partial charge in [-0.1, -0.05) is 6.92 Å². The Bertz CT molecular complexity index is 765. The molecule has 0 bridgehead atoms. The minimum Gasteiger partial charge on any atom is -0.481 e. The van der Waals surface area contributed by atoms with Crippen LogP contribution in [0.1, 0.15) is 19.0 Å². The molecule has 0 radical (unpaired) electrons. The van der Waals surface area contributed by atoms with Gasteiger partial charge in [0, 0.05) is 31.3 Å². The Morgan fingerprint density at radius 1 is 1.42 bits per heavy atom. The first-order chi connectivity index (χ1) is 11.5. The number of carbonyl (C=O) groups is 1. The van der Waals surface area contributed by atoms with Crippen molar-refractivity contribution in [1.82, 2.24) is 4.98 Å². The van der Waals surface area contributed by atoms with Crippen LogP contribution >= 0.6 is 0 Å². The molecule has 6 heteroatoms. The standard InChI is InChI=1S/C18H21FN2O3/c1-11-5-12(18(22)23)9-21(8-11)17-7-14(10-24-2)20-16-4-3-13(19)6-15(16)17/h3-4,6-7,11-12H,5,8-10H2,1-2H3,(H,22,23). The number of rotatable bonds is 4. The largest absolute Gasteiger partial charge is 0.481 e. The fraction of sp³-hybridized carbons (Fsp3) is 0.444. The summed E-state index contributed by atoms with van der Waals surface area (Å²) >= 11 is 0. The first kappa shape index (κ1) is 16.6. The number of anilines is 1. The van der Waals surface area contributed by atoms with Gasteiger partial charge in [-0.05, 0) is 36.6 Å². The Kier molecular flexibility index (Phi) is 4.66. The average Bonchev–Trinajstić information content (AvgIpc) is 2.54. The van der Waals surface area contributed by atoms with Gasteiger partial charge >= 0.3 is 5.97 Å². The van der Waals surface area contributed by atoms with Crippen LogP contribution in [0.2, 0.25) is 0 Å². The second-order valence-electron chi connectivity index (χ2n) is 6.51. The van der Waals surface area contributed by atoms with Crippen molar-refractivity contribution in [2.45, 2.75) is 20.0 Å². The minimum atomic E-state index is -0.784. The van der Waals surface area contributed by atoms with E-state index in [0.717, 1.165) is 17.9 Å². The number of methoxy groups -OCH3 is 1. The number of hydrogen-bond donors (Lipinski definition) is 1. The second-order valence-corrected chi connectivity index (χ2v) is 6.51. The van der Waals surface area contributed by atoms with E-state index in [9.17, 15) is 14.3 Å². The number of carboxylic acids is 1. The molecule has 2 heterocycles. The number of piperidine rings is 1. The number of nitrogens with zero attached hydrogens (tertiary/aromatic N) is 2. The third kappa shape index (κ3) is 3.33. The first-order valence-corrected chi connectivity index (χ1v) is 8.03. The van der Waals surface area contributed by atoms with Crippen LogP contribution in [0.3, 0.4) is 0 Å². The van der Waals surface area contributed by atoms with Crippen LogP contribution < -0.4 is 4.90 Å². The zero-order valence-corrected chi connectivity index (χ0v) is 13.8. The Labute approximate surface area is 140 Å². The van der Waals surface area contributed by atoms with Crippen molar-refractivity contribution in [2.75, 3.05) is 25.1 Å². The van der Waals surface area contributed by atoms with Crippen molar-refractivity contribution >= 4 is 22.6 Å². The van der Waals surface area contributed by atoms with E-state index in [1.54, 1.807) is 13.2 Å². The Balaban J connectivity index is 2.08. The summed E-state index contributed by atoms with van der Waals surface area (Å²) in [6.07, 6.45) is 0.661. The van der Waals surface area contributed by atoms with Gasteiger partial charge in [-0.15, -0.1) is 0 Å². The molecule has 5 nitrogen and oxygen atoms in total. The lowest BCUT2D eigenvalue weighted by molar-refractivity contribution is -0.142. The molecule has 128 valence electrons. The second kappa shape index (κ2) is 6.73. The van der Waals surface area contributed by atoms with Gasteiger partial charge in [-0.25, -0.2) is 4.39 Å². The van der Waals surface area contributed by atoms with Crippen LogP contribution in [-0.2, 0) is 16.1 Å². The van der Waals surface area contributed by atoms with Crippen molar-refractivity contribution in [3.8, 4) is 0 Å². The summed E-state index contributed by atoms with van der Waals surface area (Å²) in [4.78, 5) is 18.0. The van der Waals surface area contributed by atoms with E-state index in [0.29, 0.717) is 30.5 Å². The molecular weight excluding hydrogens is 311 g/mol. The lowest BCUT2D eigenvalue weighted by Crippen LogP contribution is -2.42. The van der Waals surface area contributed by atoms with Crippen LogP contribution in [0.5, 0.6) is 0 Å². The number of benzene rings is 1. The molecule has 1 aliphatic rings. The van der Waals surface area contributed by atoms with Gasteiger partial charge in [0.05, 0.1) is 23.7 Å². The van der Waals surface area contributed by atoms with E-state index < -0.39 is 11.9 Å². The van der Waals surface area contributed by atoms with E-state index in [1.165, 1.54) is 12.1 Å². The molecule has 2 unspecified atom stereocenters. The number of fused-ring (bicyclic) bond motifs is 1. The molecule has 0 saturated carbocycles. The molecular formula is C18H21FN2O3. The molecule has 1 aliphatic heterocycles. The van der Waals surface area contributed by atoms with Crippen LogP contribution in [-0.4, -0.2) is 36.3 Å². The van der Waals surface area contributed by atoms with Gasteiger partial charge in [-0.3, -0.25) is 9.78 Å². The summed E-state index contributed by atoms with van der Waals surface area (Å²) in [5, 5.41) is 10.1. The summed E-state index contributed by atoms with van der Waals surface area (Å²) in [6, 6.07) is 6.37. The van der Waals surface area contributed by atoms with Gasteiger partial charge in [0.1, 0.15) is 5.82 Å². The highest BCUT2D eigenvalue weighted by atomic mass is 19.1. The third-order valence-corrected chi connectivity index (χ3v) is 4.44. The molecule has 1 fully saturated rings. The highest BCUT2D eigenvalue weighted by molar-refractivity contribution is 5.92. The molecule has 1 N–H and O–H groups in total. The molecule has 0 spiro atoms. The van der Waals surface area contributed by atoms with Gasteiger partial charge in [-0.2, -0.15) is 0 Å². The Morgan fingerprint density at radius 2 is 2.21 bits per heavy atom. The molecule has 1 aromatic heterocycles. The highest BCUT2D eigenvalue weighted by Gasteiger charge is 2.30. The first-order valence-electron chi connectivity index (χ1n) is 8.03. The number of carboxylic acid groups (broad SMARTS) is 1. The van der Waals surface area contributed by atoms with E-state index >= 15 is 0 Å². The van der Waals surface area contributed by atoms with Crippen molar-refractivity contribution < 1.29 is 19.0 Å². The summed E-state index contributed by atoms with van der Waals surface area (Å²) in [7, 11) is 1.60. The lowest BCUT2D eigenvalue weighted by atomic mass is 9.90. The summed E-state index contributed by atoms with van der Waals surface area (Å²) in [6.45, 7) is 3.56. The summed E-state index contributed by atoms with van der Waals surface area (Å²) in [5.41, 5.74) is 2.26. The number of halogens is 1.